The van der Waals surface area contributed by atoms with Crippen LogP contribution in [0.4, 0.5) is 5.69 Å². The van der Waals surface area contributed by atoms with Gasteiger partial charge in [-0.2, -0.15) is 0 Å². The van der Waals surface area contributed by atoms with Gasteiger partial charge in [0.25, 0.3) is 0 Å². The number of ether oxygens (including phenoxy) is 1. The Morgan fingerprint density at radius 1 is 1.27 bits per heavy atom. The van der Waals surface area contributed by atoms with Crippen LogP contribution < -0.4 is 4.90 Å². The molecule has 2 nitrogen and oxygen atoms in total. The summed E-state index contributed by atoms with van der Waals surface area (Å²) >= 11 is 0. The summed E-state index contributed by atoms with van der Waals surface area (Å²) in [6.07, 6.45) is 0. The van der Waals surface area contributed by atoms with Crippen LogP contribution >= 0.6 is 0 Å². The van der Waals surface area contributed by atoms with E-state index in [4.69, 9.17) is 4.74 Å². The van der Waals surface area contributed by atoms with E-state index in [1.54, 1.807) is 0 Å². The van der Waals surface area contributed by atoms with Gasteiger partial charge >= 0.3 is 0 Å². The third kappa shape index (κ3) is 2.32. The summed E-state index contributed by atoms with van der Waals surface area (Å²) < 4.78 is 5.55. The maximum absolute atomic E-state index is 5.55. The van der Waals surface area contributed by atoms with E-state index in [2.05, 4.69) is 49.1 Å². The van der Waals surface area contributed by atoms with Gasteiger partial charge in [-0.05, 0) is 18.1 Å². The lowest BCUT2D eigenvalue weighted by molar-refractivity contribution is 0.0807. The molecule has 0 saturated carbocycles. The van der Waals surface area contributed by atoms with E-state index < -0.39 is 0 Å². The van der Waals surface area contributed by atoms with Crippen LogP contribution in [0.15, 0.2) is 30.3 Å². The zero-order valence-corrected chi connectivity index (χ0v) is 9.52. The Balaban J connectivity index is 2.18. The average molecular weight is 205 g/mol. The third-order valence-corrected chi connectivity index (χ3v) is 3.02. The summed E-state index contributed by atoms with van der Waals surface area (Å²) in [6.45, 7) is 7.22. The van der Waals surface area contributed by atoms with Crippen LogP contribution in [-0.4, -0.2) is 25.8 Å². The summed E-state index contributed by atoms with van der Waals surface area (Å²) in [6, 6.07) is 11.1. The standard InChI is InChI=1S/C13H19NO/c1-11(2)13-10-15-9-8-14(13)12-6-4-3-5-7-12/h3-7,11,13H,8-10H2,1-2H3. The molecule has 0 amide bonds. The first kappa shape index (κ1) is 10.5. The predicted octanol–water partition coefficient (Wildman–Crippen LogP) is 2.55. The number of para-hydroxylation sites is 1. The summed E-state index contributed by atoms with van der Waals surface area (Å²) in [5.41, 5.74) is 1.32. The van der Waals surface area contributed by atoms with Crippen molar-refractivity contribution in [3.05, 3.63) is 30.3 Å². The molecule has 1 saturated heterocycles. The highest BCUT2D eigenvalue weighted by atomic mass is 16.5. The van der Waals surface area contributed by atoms with Crippen molar-refractivity contribution < 1.29 is 4.74 Å². The fourth-order valence-corrected chi connectivity index (χ4v) is 2.12. The predicted molar refractivity (Wildman–Crippen MR) is 63.2 cm³/mol. The van der Waals surface area contributed by atoms with E-state index >= 15 is 0 Å². The minimum Gasteiger partial charge on any atom is -0.377 e. The molecule has 0 aliphatic carbocycles. The molecule has 1 atom stereocenters. The molecule has 82 valence electrons. The van der Waals surface area contributed by atoms with Crippen molar-refractivity contribution in [1.29, 1.82) is 0 Å². The Kier molecular flexibility index (Phi) is 3.27. The summed E-state index contributed by atoms with van der Waals surface area (Å²) in [7, 11) is 0. The SMILES string of the molecule is CC(C)C1COCCN1c1ccccc1. The minimum atomic E-state index is 0.515. The number of benzene rings is 1. The lowest BCUT2D eigenvalue weighted by Crippen LogP contribution is -2.48. The smallest absolute Gasteiger partial charge is 0.0673 e. The first-order chi connectivity index (χ1) is 7.29. The maximum atomic E-state index is 5.55. The first-order valence-electron chi connectivity index (χ1n) is 5.68. The van der Waals surface area contributed by atoms with Gasteiger partial charge in [0.15, 0.2) is 0 Å². The second-order valence-corrected chi connectivity index (χ2v) is 4.42. The molecule has 15 heavy (non-hydrogen) atoms. The van der Waals surface area contributed by atoms with E-state index in [0.717, 1.165) is 19.8 Å². The van der Waals surface area contributed by atoms with Crippen LogP contribution in [0.1, 0.15) is 13.8 Å². The normalized spacial score (nSPS) is 22.1. The van der Waals surface area contributed by atoms with Gasteiger partial charge in [0.05, 0.1) is 19.3 Å². The molecule has 0 bridgehead atoms. The van der Waals surface area contributed by atoms with E-state index in [1.165, 1.54) is 5.69 Å². The fourth-order valence-electron chi connectivity index (χ4n) is 2.12. The van der Waals surface area contributed by atoms with Crippen molar-refractivity contribution in [2.45, 2.75) is 19.9 Å². The number of rotatable bonds is 2. The molecule has 1 unspecified atom stereocenters. The summed E-state index contributed by atoms with van der Waals surface area (Å²) in [5.74, 6) is 0.630. The van der Waals surface area contributed by atoms with Gasteiger partial charge in [-0.25, -0.2) is 0 Å². The van der Waals surface area contributed by atoms with Crippen molar-refractivity contribution in [2.75, 3.05) is 24.7 Å². The van der Waals surface area contributed by atoms with E-state index in [-0.39, 0.29) is 0 Å². The van der Waals surface area contributed by atoms with Crippen LogP contribution in [0.2, 0.25) is 0 Å². The lowest BCUT2D eigenvalue weighted by atomic mass is 10.0. The highest BCUT2D eigenvalue weighted by Gasteiger charge is 2.25. The Labute approximate surface area is 91.9 Å². The van der Waals surface area contributed by atoms with Gasteiger partial charge in [0, 0.05) is 12.2 Å². The van der Waals surface area contributed by atoms with Crippen molar-refractivity contribution in [1.82, 2.24) is 0 Å². The molecule has 1 aliphatic rings. The molecule has 1 fully saturated rings. The monoisotopic (exact) mass is 205 g/mol. The molecule has 2 rings (SSSR count). The number of nitrogens with zero attached hydrogens (tertiary/aromatic N) is 1. The van der Waals surface area contributed by atoms with Crippen molar-refractivity contribution in [3.8, 4) is 0 Å². The Hall–Kier alpha value is -1.02. The minimum absolute atomic E-state index is 0.515. The molecule has 0 aromatic heterocycles. The number of morpholine rings is 1. The Morgan fingerprint density at radius 2 is 2.00 bits per heavy atom. The van der Waals surface area contributed by atoms with Crippen molar-refractivity contribution in [2.24, 2.45) is 5.92 Å². The molecule has 0 radical (unpaired) electrons. The van der Waals surface area contributed by atoms with Gasteiger partial charge in [0.1, 0.15) is 0 Å². The second-order valence-electron chi connectivity index (χ2n) is 4.42. The van der Waals surface area contributed by atoms with Crippen LogP contribution in [0, 0.1) is 5.92 Å². The molecule has 1 aromatic carbocycles. The topological polar surface area (TPSA) is 12.5 Å². The zero-order chi connectivity index (χ0) is 10.7. The molecule has 0 N–H and O–H groups in total. The van der Waals surface area contributed by atoms with Gasteiger partial charge in [-0.15, -0.1) is 0 Å². The van der Waals surface area contributed by atoms with Gasteiger partial charge in [-0.3, -0.25) is 0 Å². The number of hydrogen-bond acceptors (Lipinski definition) is 2. The lowest BCUT2D eigenvalue weighted by Gasteiger charge is -2.39. The maximum Gasteiger partial charge on any atom is 0.0673 e. The molecular formula is C13H19NO. The Morgan fingerprint density at radius 3 is 2.67 bits per heavy atom. The van der Waals surface area contributed by atoms with Crippen LogP contribution in [-0.2, 0) is 4.74 Å². The highest BCUT2D eigenvalue weighted by molar-refractivity contribution is 5.47. The quantitative estimate of drug-likeness (QED) is 0.735. The molecular weight excluding hydrogens is 186 g/mol. The largest absolute Gasteiger partial charge is 0.377 e. The molecule has 1 aromatic rings. The molecule has 0 spiro atoms. The molecule has 1 aliphatic heterocycles. The molecule has 1 heterocycles. The van der Waals surface area contributed by atoms with Crippen molar-refractivity contribution >= 4 is 5.69 Å². The van der Waals surface area contributed by atoms with E-state index in [1.807, 2.05) is 0 Å². The van der Waals surface area contributed by atoms with Crippen LogP contribution in [0.5, 0.6) is 0 Å². The van der Waals surface area contributed by atoms with Crippen LogP contribution in [0.25, 0.3) is 0 Å². The molecule has 2 heteroatoms. The highest BCUT2D eigenvalue weighted by Crippen LogP contribution is 2.23. The summed E-state index contributed by atoms with van der Waals surface area (Å²) in [5, 5.41) is 0. The fraction of sp³-hybridized carbons (Fsp3) is 0.538. The van der Waals surface area contributed by atoms with E-state index in [0.29, 0.717) is 12.0 Å². The third-order valence-electron chi connectivity index (χ3n) is 3.02. The number of anilines is 1. The van der Waals surface area contributed by atoms with Crippen LogP contribution in [0.3, 0.4) is 0 Å². The van der Waals surface area contributed by atoms with Crippen molar-refractivity contribution in [3.63, 3.8) is 0 Å². The van der Waals surface area contributed by atoms with Gasteiger partial charge < -0.3 is 9.64 Å². The van der Waals surface area contributed by atoms with Gasteiger partial charge in [0.2, 0.25) is 0 Å². The average Bonchev–Trinajstić information content (AvgIpc) is 2.30. The zero-order valence-electron chi connectivity index (χ0n) is 9.52. The summed E-state index contributed by atoms with van der Waals surface area (Å²) in [4.78, 5) is 2.47. The second kappa shape index (κ2) is 4.67. The van der Waals surface area contributed by atoms with E-state index in [9.17, 15) is 0 Å². The Bertz CT molecular complexity index is 297. The first-order valence-corrected chi connectivity index (χ1v) is 5.68. The van der Waals surface area contributed by atoms with Gasteiger partial charge in [-0.1, -0.05) is 32.0 Å². The number of hydrogen-bond donors (Lipinski definition) is 0.